The molecule has 0 amide bonds. The SMILES string of the molecule is C=CCC(=O)C(O)Cc1ccc2ccc3cccc4ccc1c2c34. The van der Waals surface area contributed by atoms with Crippen LogP contribution < -0.4 is 0 Å². The fourth-order valence-corrected chi connectivity index (χ4v) is 3.57. The van der Waals surface area contributed by atoms with E-state index in [0.29, 0.717) is 6.42 Å². The van der Waals surface area contributed by atoms with Crippen molar-refractivity contribution in [1.82, 2.24) is 0 Å². The highest BCUT2D eigenvalue weighted by Crippen LogP contribution is 2.36. The van der Waals surface area contributed by atoms with E-state index in [4.69, 9.17) is 0 Å². The minimum absolute atomic E-state index is 0.185. The lowest BCUT2D eigenvalue weighted by atomic mass is 9.90. The normalized spacial score (nSPS) is 12.9. The molecule has 1 unspecified atom stereocenters. The lowest BCUT2D eigenvalue weighted by Crippen LogP contribution is -2.22. The van der Waals surface area contributed by atoms with Crippen LogP contribution >= 0.6 is 0 Å². The van der Waals surface area contributed by atoms with Crippen LogP contribution in [0, 0.1) is 0 Å². The molecule has 0 aliphatic carbocycles. The van der Waals surface area contributed by atoms with E-state index in [1.165, 1.54) is 33.0 Å². The molecular weight excluding hydrogens is 296 g/mol. The Kier molecular flexibility index (Phi) is 3.55. The van der Waals surface area contributed by atoms with Crippen molar-refractivity contribution in [2.75, 3.05) is 0 Å². The maximum absolute atomic E-state index is 11.9. The number of carbonyl (C=O) groups excluding carboxylic acids is 1. The van der Waals surface area contributed by atoms with Gasteiger partial charge in [0.05, 0.1) is 0 Å². The third kappa shape index (κ3) is 2.27. The summed E-state index contributed by atoms with van der Waals surface area (Å²) in [6.45, 7) is 3.56. The van der Waals surface area contributed by atoms with Gasteiger partial charge in [-0.25, -0.2) is 0 Å². The third-order valence-electron chi connectivity index (χ3n) is 4.75. The van der Waals surface area contributed by atoms with Crippen molar-refractivity contribution in [3.63, 3.8) is 0 Å². The Bertz CT molecular complexity index is 1050. The van der Waals surface area contributed by atoms with Gasteiger partial charge in [-0.3, -0.25) is 4.79 Å². The maximum atomic E-state index is 11.9. The Balaban J connectivity index is 1.91. The molecule has 0 heterocycles. The van der Waals surface area contributed by atoms with Crippen LogP contribution in [0.4, 0.5) is 0 Å². The molecule has 0 radical (unpaired) electrons. The van der Waals surface area contributed by atoms with Gasteiger partial charge in [0, 0.05) is 12.8 Å². The van der Waals surface area contributed by atoms with E-state index in [9.17, 15) is 9.90 Å². The monoisotopic (exact) mass is 314 g/mol. The molecule has 0 aliphatic rings. The quantitative estimate of drug-likeness (QED) is 0.431. The van der Waals surface area contributed by atoms with Gasteiger partial charge in [-0.1, -0.05) is 60.7 Å². The van der Waals surface area contributed by atoms with Crippen LogP contribution in [0.15, 0.2) is 67.3 Å². The molecule has 1 atom stereocenters. The second-order valence-electron chi connectivity index (χ2n) is 6.26. The minimum Gasteiger partial charge on any atom is -0.385 e. The predicted molar refractivity (Wildman–Crippen MR) is 99.7 cm³/mol. The van der Waals surface area contributed by atoms with Crippen molar-refractivity contribution in [3.8, 4) is 0 Å². The van der Waals surface area contributed by atoms with E-state index in [0.717, 1.165) is 10.9 Å². The maximum Gasteiger partial charge on any atom is 0.165 e. The van der Waals surface area contributed by atoms with Crippen molar-refractivity contribution in [2.45, 2.75) is 18.9 Å². The van der Waals surface area contributed by atoms with E-state index in [1.807, 2.05) is 6.07 Å². The third-order valence-corrected chi connectivity index (χ3v) is 4.75. The smallest absolute Gasteiger partial charge is 0.165 e. The number of aliphatic hydroxyl groups excluding tert-OH is 1. The number of hydrogen-bond donors (Lipinski definition) is 1. The number of rotatable bonds is 5. The number of hydrogen-bond acceptors (Lipinski definition) is 2. The van der Waals surface area contributed by atoms with Crippen molar-refractivity contribution in [1.29, 1.82) is 0 Å². The van der Waals surface area contributed by atoms with E-state index >= 15 is 0 Å². The summed E-state index contributed by atoms with van der Waals surface area (Å²) in [4.78, 5) is 11.9. The number of benzene rings is 4. The molecule has 0 aromatic heterocycles. The Morgan fingerprint density at radius 1 is 0.958 bits per heavy atom. The van der Waals surface area contributed by atoms with Gasteiger partial charge in [0.25, 0.3) is 0 Å². The number of Topliss-reactive ketones (excluding diaryl/α,β-unsaturated/α-hetero) is 1. The largest absolute Gasteiger partial charge is 0.385 e. The molecule has 0 bridgehead atoms. The summed E-state index contributed by atoms with van der Waals surface area (Å²) in [7, 11) is 0. The summed E-state index contributed by atoms with van der Waals surface area (Å²) in [5.41, 5.74) is 1.01. The van der Waals surface area contributed by atoms with Gasteiger partial charge in [0.1, 0.15) is 6.10 Å². The van der Waals surface area contributed by atoms with Gasteiger partial charge in [-0.05, 0) is 37.9 Å². The van der Waals surface area contributed by atoms with Gasteiger partial charge in [0.15, 0.2) is 5.78 Å². The second-order valence-corrected chi connectivity index (χ2v) is 6.26. The standard InChI is InChI=1S/C22H18O2/c1-2-4-19(23)20(24)13-17-10-9-16-8-7-14-5-3-6-15-11-12-18(17)22(16)21(14)15/h2-3,5-12,20,24H,1,4,13H2. The van der Waals surface area contributed by atoms with Crippen molar-refractivity contribution >= 4 is 38.1 Å². The van der Waals surface area contributed by atoms with Crippen LogP contribution in [0.1, 0.15) is 12.0 Å². The number of ketones is 1. The van der Waals surface area contributed by atoms with Crippen LogP contribution in [0.5, 0.6) is 0 Å². The topological polar surface area (TPSA) is 37.3 Å². The van der Waals surface area contributed by atoms with Gasteiger partial charge < -0.3 is 5.11 Å². The Hall–Kier alpha value is -2.71. The Labute approximate surface area is 140 Å². The zero-order chi connectivity index (χ0) is 16.7. The molecule has 24 heavy (non-hydrogen) atoms. The highest BCUT2D eigenvalue weighted by Gasteiger charge is 2.17. The summed E-state index contributed by atoms with van der Waals surface area (Å²) >= 11 is 0. The molecule has 0 aliphatic heterocycles. The summed E-state index contributed by atoms with van der Waals surface area (Å²) in [6.07, 6.45) is 1.09. The van der Waals surface area contributed by atoms with Gasteiger partial charge in [-0.2, -0.15) is 0 Å². The minimum atomic E-state index is -0.985. The van der Waals surface area contributed by atoms with Crippen LogP contribution in [-0.2, 0) is 11.2 Å². The van der Waals surface area contributed by atoms with Gasteiger partial charge in [-0.15, -0.1) is 6.58 Å². The molecule has 0 fully saturated rings. The first kappa shape index (κ1) is 14.9. The lowest BCUT2D eigenvalue weighted by Gasteiger charge is -2.15. The van der Waals surface area contributed by atoms with Crippen molar-refractivity contribution < 1.29 is 9.90 Å². The highest BCUT2D eigenvalue weighted by molar-refractivity contribution is 6.23. The number of aliphatic hydroxyl groups is 1. The van der Waals surface area contributed by atoms with Crippen LogP contribution in [0.25, 0.3) is 32.3 Å². The van der Waals surface area contributed by atoms with E-state index in [1.54, 1.807) is 0 Å². The van der Waals surface area contributed by atoms with Crippen LogP contribution in [0.3, 0.4) is 0 Å². The first-order valence-electron chi connectivity index (χ1n) is 8.16. The van der Waals surface area contributed by atoms with Crippen molar-refractivity contribution in [3.05, 3.63) is 72.8 Å². The molecule has 0 saturated heterocycles. The summed E-state index contributed by atoms with van der Waals surface area (Å²) in [6, 6.07) is 18.9. The molecule has 118 valence electrons. The molecule has 4 aromatic rings. The average Bonchev–Trinajstić information content (AvgIpc) is 2.61. The summed E-state index contributed by atoms with van der Waals surface area (Å²) < 4.78 is 0. The van der Waals surface area contributed by atoms with Crippen LogP contribution in [0.2, 0.25) is 0 Å². The summed E-state index contributed by atoms with van der Waals surface area (Å²) in [5, 5.41) is 17.4. The van der Waals surface area contributed by atoms with Gasteiger partial charge >= 0.3 is 0 Å². The zero-order valence-electron chi connectivity index (χ0n) is 13.3. The van der Waals surface area contributed by atoms with E-state index in [2.05, 4.69) is 55.1 Å². The van der Waals surface area contributed by atoms with Crippen LogP contribution in [-0.4, -0.2) is 17.0 Å². The second kappa shape index (κ2) is 5.73. The number of allylic oxidation sites excluding steroid dienone is 1. The molecular formula is C22H18O2. The zero-order valence-corrected chi connectivity index (χ0v) is 13.3. The molecule has 0 spiro atoms. The molecule has 2 nitrogen and oxygen atoms in total. The fraction of sp³-hybridized carbons (Fsp3) is 0.136. The van der Waals surface area contributed by atoms with Crippen molar-refractivity contribution in [2.24, 2.45) is 0 Å². The van der Waals surface area contributed by atoms with Gasteiger partial charge in [0.2, 0.25) is 0 Å². The van der Waals surface area contributed by atoms with E-state index < -0.39 is 6.10 Å². The first-order valence-corrected chi connectivity index (χ1v) is 8.16. The molecule has 1 N–H and O–H groups in total. The predicted octanol–water partition coefficient (Wildman–Crippen LogP) is 4.63. The molecule has 4 aromatic carbocycles. The Morgan fingerprint density at radius 3 is 2.29 bits per heavy atom. The summed E-state index contributed by atoms with van der Waals surface area (Å²) in [5.74, 6) is -0.185. The average molecular weight is 314 g/mol. The molecule has 4 rings (SSSR count). The number of carbonyl (C=O) groups is 1. The molecule has 2 heteroatoms. The first-order chi connectivity index (χ1) is 11.7. The lowest BCUT2D eigenvalue weighted by molar-refractivity contribution is -0.126. The molecule has 0 saturated carbocycles. The fourth-order valence-electron chi connectivity index (χ4n) is 3.57. The van der Waals surface area contributed by atoms with E-state index in [-0.39, 0.29) is 12.2 Å². The highest BCUT2D eigenvalue weighted by atomic mass is 16.3. The Morgan fingerprint density at radius 2 is 1.58 bits per heavy atom.